The second kappa shape index (κ2) is 17.1. The Bertz CT molecular complexity index is 2480. The highest BCUT2D eigenvalue weighted by Crippen LogP contribution is 2.36. The number of hydrogen-bond donors (Lipinski definition) is 4. The predicted molar refractivity (Wildman–Crippen MR) is 226 cm³/mol. The number of fused-ring (bicyclic) bond motifs is 1. The van der Waals surface area contributed by atoms with E-state index in [1.807, 2.05) is 59.8 Å². The smallest absolute Gasteiger partial charge is 0.407 e. The highest BCUT2D eigenvalue weighted by molar-refractivity contribution is 5.91. The molecule has 3 amide bonds. The Labute approximate surface area is 347 Å². The Balaban J connectivity index is 0.867. The molecule has 0 unspecified atom stereocenters. The summed E-state index contributed by atoms with van der Waals surface area (Å²) in [5.74, 6) is 1.41. The van der Waals surface area contributed by atoms with Gasteiger partial charge in [0.15, 0.2) is 0 Å². The number of amides is 3. The number of alkyl carbamates (subject to hydrolysis) is 1. The van der Waals surface area contributed by atoms with Crippen LogP contribution in [-0.2, 0) is 19.1 Å². The summed E-state index contributed by atoms with van der Waals surface area (Å²) < 4.78 is 10.3. The fraction of sp³-hybridized carbons (Fsp3) is 0.348. The number of aromatic nitrogens is 5. The minimum Gasteiger partial charge on any atom is -0.453 e. The zero-order valence-electron chi connectivity index (χ0n) is 33.6. The van der Waals surface area contributed by atoms with Gasteiger partial charge in [0, 0.05) is 43.6 Å². The van der Waals surface area contributed by atoms with E-state index in [4.69, 9.17) is 25.2 Å². The number of likely N-dealkylation sites (tertiary alicyclic amines) is 2. The van der Waals surface area contributed by atoms with Crippen molar-refractivity contribution < 1.29 is 23.9 Å². The van der Waals surface area contributed by atoms with E-state index < -0.39 is 18.2 Å². The van der Waals surface area contributed by atoms with Crippen molar-refractivity contribution in [3.63, 3.8) is 0 Å². The molecule has 14 nitrogen and oxygen atoms in total. The van der Waals surface area contributed by atoms with Crippen molar-refractivity contribution in [1.29, 1.82) is 0 Å². The van der Waals surface area contributed by atoms with Crippen LogP contribution in [0.1, 0.15) is 73.9 Å². The molecular weight excluding hydrogens is 759 g/mol. The SMILES string of the molecule is COC(=O)N[C@@H](C(=O)N1CCC[C@H]1c1ncc(-c2ccc(-c3ccc4cc(-c5cnc([C@@H]6CCCN6C(=O)[C@@H](N)C6CCOCC6)[nH]5)ccc4c3)cn2)[nH]1)c1ccccc1. The van der Waals surface area contributed by atoms with Crippen LogP contribution in [0.2, 0.25) is 0 Å². The molecule has 308 valence electrons. The lowest BCUT2D eigenvalue weighted by Gasteiger charge is -2.32. The molecule has 3 aromatic heterocycles. The summed E-state index contributed by atoms with van der Waals surface area (Å²) in [6.45, 7) is 2.56. The lowest BCUT2D eigenvalue weighted by molar-refractivity contribution is -0.136. The van der Waals surface area contributed by atoms with Gasteiger partial charge >= 0.3 is 6.09 Å². The molecule has 3 aliphatic heterocycles. The lowest BCUT2D eigenvalue weighted by atomic mass is 9.91. The van der Waals surface area contributed by atoms with E-state index in [2.05, 4.69) is 56.7 Å². The van der Waals surface area contributed by atoms with Crippen molar-refractivity contribution >= 4 is 28.7 Å². The number of nitrogens with two attached hydrogens (primary N) is 1. The van der Waals surface area contributed by atoms with Crippen molar-refractivity contribution in [3.05, 3.63) is 115 Å². The minimum absolute atomic E-state index is 0.0100. The number of aromatic amines is 2. The van der Waals surface area contributed by atoms with Crippen LogP contribution < -0.4 is 11.1 Å². The maximum absolute atomic E-state index is 13.9. The molecule has 14 heteroatoms. The van der Waals surface area contributed by atoms with Gasteiger partial charge in [-0.1, -0.05) is 60.7 Å². The van der Waals surface area contributed by atoms with Gasteiger partial charge in [0.25, 0.3) is 5.91 Å². The molecule has 0 saturated carbocycles. The number of carbonyl (C=O) groups excluding carboxylic acids is 3. The number of ether oxygens (including phenoxy) is 2. The number of pyridine rings is 1. The number of rotatable bonds is 10. The number of hydrogen-bond acceptors (Lipinski definition) is 9. The Morgan fingerprint density at radius 3 is 2.02 bits per heavy atom. The monoisotopic (exact) mass is 807 g/mol. The maximum atomic E-state index is 13.9. The standard InChI is InChI=1S/C46H49N9O5/c1-59-46(58)53-41(29-7-3-2-4-8-29)45(57)55-20-6-10-39(55)43-50-27-37(52-43)35-16-15-34(25-48-35)32-12-11-31-24-33(14-13-30(31)23-32)36-26-49-42(51-36)38-9-5-19-54(38)44(56)40(47)28-17-21-60-22-18-28/h2-4,7-8,11-16,23-28,38-41H,5-6,9-10,17-22,47H2,1H3,(H,49,51)(H,50,52)(H,53,58)/t38-,39-,40-,41+/m0/s1. The molecule has 60 heavy (non-hydrogen) atoms. The third-order valence-electron chi connectivity index (χ3n) is 12.3. The van der Waals surface area contributed by atoms with Crippen LogP contribution in [0.4, 0.5) is 4.79 Å². The van der Waals surface area contributed by atoms with Crippen LogP contribution in [-0.4, -0.2) is 92.1 Å². The predicted octanol–water partition coefficient (Wildman–Crippen LogP) is 6.86. The third kappa shape index (κ3) is 7.87. The fourth-order valence-electron chi connectivity index (χ4n) is 8.98. The number of methoxy groups -OCH3 is 1. The molecular formula is C46H49N9O5. The van der Waals surface area contributed by atoms with Crippen LogP contribution >= 0.6 is 0 Å². The summed E-state index contributed by atoms with van der Waals surface area (Å²) >= 11 is 0. The van der Waals surface area contributed by atoms with E-state index in [-0.39, 0.29) is 29.8 Å². The summed E-state index contributed by atoms with van der Waals surface area (Å²) in [6, 6.07) is 24.2. The lowest BCUT2D eigenvalue weighted by Crippen LogP contribution is -2.48. The summed E-state index contributed by atoms with van der Waals surface area (Å²) in [4.78, 5) is 64.5. The normalized spacial score (nSPS) is 19.4. The molecule has 3 fully saturated rings. The average molecular weight is 808 g/mol. The number of benzene rings is 3. The van der Waals surface area contributed by atoms with Gasteiger partial charge < -0.3 is 40.3 Å². The molecule has 6 heterocycles. The summed E-state index contributed by atoms with van der Waals surface area (Å²) in [5.41, 5.74) is 12.6. The van der Waals surface area contributed by atoms with E-state index >= 15 is 0 Å². The van der Waals surface area contributed by atoms with Crippen LogP contribution in [0.5, 0.6) is 0 Å². The summed E-state index contributed by atoms with van der Waals surface area (Å²) in [6.07, 6.45) is 9.77. The second-order valence-corrected chi connectivity index (χ2v) is 15.9. The van der Waals surface area contributed by atoms with E-state index in [0.717, 1.165) is 88.9 Å². The van der Waals surface area contributed by atoms with Gasteiger partial charge in [0.05, 0.1) is 54.7 Å². The summed E-state index contributed by atoms with van der Waals surface area (Å²) in [5, 5.41) is 4.90. The van der Waals surface area contributed by atoms with Gasteiger partial charge in [-0.05, 0) is 84.5 Å². The first-order valence-electron chi connectivity index (χ1n) is 20.8. The average Bonchev–Trinajstić information content (AvgIpc) is 4.15. The van der Waals surface area contributed by atoms with Crippen molar-refractivity contribution in [1.82, 2.24) is 40.0 Å². The van der Waals surface area contributed by atoms with E-state index in [1.165, 1.54) is 7.11 Å². The zero-order chi connectivity index (χ0) is 41.2. The molecule has 4 atom stereocenters. The Kier molecular flexibility index (Phi) is 11.1. The molecule has 0 aliphatic carbocycles. The Hall–Kier alpha value is -6.38. The largest absolute Gasteiger partial charge is 0.453 e. The molecule has 5 N–H and O–H groups in total. The quantitative estimate of drug-likeness (QED) is 0.115. The van der Waals surface area contributed by atoms with Crippen LogP contribution in [0, 0.1) is 5.92 Å². The van der Waals surface area contributed by atoms with Crippen LogP contribution in [0.3, 0.4) is 0 Å². The Morgan fingerprint density at radius 2 is 1.35 bits per heavy atom. The topological polar surface area (TPSA) is 184 Å². The van der Waals surface area contributed by atoms with Gasteiger partial charge in [0.2, 0.25) is 5.91 Å². The second-order valence-electron chi connectivity index (χ2n) is 15.9. The first kappa shape index (κ1) is 39.1. The molecule has 9 rings (SSSR count). The van der Waals surface area contributed by atoms with Crippen LogP contribution in [0.15, 0.2) is 97.5 Å². The van der Waals surface area contributed by atoms with E-state index in [0.29, 0.717) is 37.7 Å². The third-order valence-corrected chi connectivity index (χ3v) is 12.3. The number of nitrogens with one attached hydrogen (secondary N) is 3. The van der Waals surface area contributed by atoms with E-state index in [1.54, 1.807) is 11.1 Å². The first-order chi connectivity index (χ1) is 29.3. The van der Waals surface area contributed by atoms with Gasteiger partial charge in [-0.3, -0.25) is 14.6 Å². The van der Waals surface area contributed by atoms with Crippen molar-refractivity contribution in [3.8, 4) is 33.8 Å². The molecule has 0 radical (unpaired) electrons. The van der Waals surface area contributed by atoms with Gasteiger partial charge in [-0.25, -0.2) is 14.8 Å². The fourth-order valence-corrected chi connectivity index (χ4v) is 8.98. The molecule has 0 bridgehead atoms. The minimum atomic E-state index is -0.884. The van der Waals surface area contributed by atoms with Crippen molar-refractivity contribution in [2.75, 3.05) is 33.4 Å². The highest BCUT2D eigenvalue weighted by atomic mass is 16.5. The molecule has 3 aromatic carbocycles. The van der Waals surface area contributed by atoms with Crippen molar-refractivity contribution in [2.24, 2.45) is 11.7 Å². The zero-order valence-corrected chi connectivity index (χ0v) is 33.6. The Morgan fingerprint density at radius 1 is 0.733 bits per heavy atom. The highest BCUT2D eigenvalue weighted by Gasteiger charge is 2.39. The number of nitrogens with zero attached hydrogens (tertiary/aromatic N) is 5. The van der Waals surface area contributed by atoms with Gasteiger partial charge in [0.1, 0.15) is 17.7 Å². The van der Waals surface area contributed by atoms with Crippen LogP contribution in [0.25, 0.3) is 44.5 Å². The first-order valence-corrected chi connectivity index (χ1v) is 20.8. The molecule has 3 aliphatic rings. The van der Waals surface area contributed by atoms with E-state index in [9.17, 15) is 14.4 Å². The van der Waals surface area contributed by atoms with Crippen molar-refractivity contribution in [2.45, 2.75) is 62.7 Å². The molecule has 6 aromatic rings. The number of carbonyl (C=O) groups is 3. The number of imidazole rings is 2. The molecule has 0 spiro atoms. The number of H-pyrrole nitrogens is 2. The summed E-state index contributed by atoms with van der Waals surface area (Å²) in [7, 11) is 1.28. The molecule has 3 saturated heterocycles. The van der Waals surface area contributed by atoms with Gasteiger partial charge in [-0.2, -0.15) is 0 Å². The maximum Gasteiger partial charge on any atom is 0.407 e. The van der Waals surface area contributed by atoms with Gasteiger partial charge in [-0.15, -0.1) is 0 Å².